The molecule has 0 radical (unpaired) electrons. The van der Waals surface area contributed by atoms with Crippen LogP contribution in [-0.4, -0.2) is 35.3 Å². The van der Waals surface area contributed by atoms with E-state index in [2.05, 4.69) is 23.6 Å². The van der Waals surface area contributed by atoms with E-state index in [1.165, 1.54) is 19.4 Å². The molecule has 0 bridgehead atoms. The van der Waals surface area contributed by atoms with Crippen molar-refractivity contribution in [3.63, 3.8) is 0 Å². The van der Waals surface area contributed by atoms with Crippen molar-refractivity contribution < 1.29 is 23.8 Å². The first-order valence-corrected chi connectivity index (χ1v) is 8.46. The first-order chi connectivity index (χ1) is 11.9. The molecule has 3 atom stereocenters. The molecule has 1 fully saturated rings. The number of ether oxygens (including phenoxy) is 3. The summed E-state index contributed by atoms with van der Waals surface area (Å²) in [6, 6.07) is 8.18. The third-order valence-corrected chi connectivity index (χ3v) is 4.44. The Morgan fingerprint density at radius 3 is 2.72 bits per heavy atom. The van der Waals surface area contributed by atoms with Crippen molar-refractivity contribution in [2.45, 2.75) is 52.0 Å². The Kier molecular flexibility index (Phi) is 5.08. The molecule has 3 rings (SSSR count). The SMILES string of the molecule is CC(=O)OCC1CC(OC(C)=O)CC(n2ccc3c(C)cccc32)O1. The van der Waals surface area contributed by atoms with E-state index in [0.29, 0.717) is 12.8 Å². The highest BCUT2D eigenvalue weighted by atomic mass is 16.6. The summed E-state index contributed by atoms with van der Waals surface area (Å²) in [5.41, 5.74) is 2.26. The van der Waals surface area contributed by atoms with Gasteiger partial charge in [-0.15, -0.1) is 0 Å². The van der Waals surface area contributed by atoms with Crippen molar-refractivity contribution in [2.24, 2.45) is 0 Å². The number of hydrogen-bond acceptors (Lipinski definition) is 5. The number of esters is 2. The van der Waals surface area contributed by atoms with E-state index in [-0.39, 0.29) is 37.0 Å². The molecule has 6 heteroatoms. The van der Waals surface area contributed by atoms with Crippen molar-refractivity contribution in [1.82, 2.24) is 4.57 Å². The maximum Gasteiger partial charge on any atom is 0.302 e. The Balaban J connectivity index is 1.85. The molecule has 0 aliphatic carbocycles. The lowest BCUT2D eigenvalue weighted by molar-refractivity contribution is -0.178. The molecule has 0 N–H and O–H groups in total. The van der Waals surface area contributed by atoms with Crippen LogP contribution in [0.15, 0.2) is 30.5 Å². The minimum absolute atomic E-state index is 0.155. The van der Waals surface area contributed by atoms with E-state index in [1.54, 1.807) is 0 Å². The fourth-order valence-corrected chi connectivity index (χ4v) is 3.37. The van der Waals surface area contributed by atoms with Crippen LogP contribution in [0, 0.1) is 6.92 Å². The number of benzene rings is 1. The molecule has 2 heterocycles. The summed E-state index contributed by atoms with van der Waals surface area (Å²) in [5.74, 6) is -0.665. The average molecular weight is 345 g/mol. The largest absolute Gasteiger partial charge is 0.463 e. The molecule has 1 aromatic heterocycles. The maximum absolute atomic E-state index is 11.4. The molecule has 6 nitrogen and oxygen atoms in total. The van der Waals surface area contributed by atoms with E-state index in [4.69, 9.17) is 14.2 Å². The van der Waals surface area contributed by atoms with Crippen molar-refractivity contribution >= 4 is 22.8 Å². The van der Waals surface area contributed by atoms with Gasteiger partial charge in [0, 0.05) is 38.3 Å². The van der Waals surface area contributed by atoms with Crippen LogP contribution >= 0.6 is 0 Å². The minimum atomic E-state index is -0.350. The Bertz CT molecular complexity index is 781. The number of aromatic nitrogens is 1. The number of nitrogens with zero attached hydrogens (tertiary/aromatic N) is 1. The maximum atomic E-state index is 11.4. The van der Waals surface area contributed by atoms with E-state index >= 15 is 0 Å². The Morgan fingerprint density at radius 2 is 2.00 bits per heavy atom. The van der Waals surface area contributed by atoms with Gasteiger partial charge in [-0.05, 0) is 24.6 Å². The number of carbonyl (C=O) groups is 2. The monoisotopic (exact) mass is 345 g/mol. The third-order valence-electron chi connectivity index (χ3n) is 4.44. The van der Waals surface area contributed by atoms with Gasteiger partial charge in [0.25, 0.3) is 0 Å². The van der Waals surface area contributed by atoms with Crippen LogP contribution in [0.1, 0.15) is 38.5 Å². The number of fused-ring (bicyclic) bond motifs is 1. The molecule has 2 aromatic rings. The van der Waals surface area contributed by atoms with Crippen molar-refractivity contribution in [3.05, 3.63) is 36.0 Å². The Hall–Kier alpha value is -2.34. The molecule has 0 spiro atoms. The van der Waals surface area contributed by atoms with Crippen LogP contribution in [-0.2, 0) is 23.8 Å². The lowest BCUT2D eigenvalue weighted by atomic mass is 10.0. The van der Waals surface area contributed by atoms with Crippen molar-refractivity contribution in [2.75, 3.05) is 6.61 Å². The second-order valence-corrected chi connectivity index (χ2v) is 6.45. The molecule has 1 aliphatic rings. The lowest BCUT2D eigenvalue weighted by Crippen LogP contribution is -2.38. The normalized spacial score (nSPS) is 23.4. The van der Waals surface area contributed by atoms with Crippen LogP contribution in [0.3, 0.4) is 0 Å². The van der Waals surface area contributed by atoms with Gasteiger partial charge < -0.3 is 18.8 Å². The minimum Gasteiger partial charge on any atom is -0.463 e. The summed E-state index contributed by atoms with van der Waals surface area (Å²) in [7, 11) is 0. The molecular formula is C19H23NO5. The van der Waals surface area contributed by atoms with Crippen LogP contribution < -0.4 is 0 Å². The molecular weight excluding hydrogens is 322 g/mol. The summed E-state index contributed by atoms with van der Waals surface area (Å²) < 4.78 is 18.7. The highest BCUT2D eigenvalue weighted by Crippen LogP contribution is 2.33. The van der Waals surface area contributed by atoms with E-state index in [1.807, 2.05) is 18.3 Å². The molecule has 3 unspecified atom stereocenters. The van der Waals surface area contributed by atoms with Gasteiger partial charge in [0.15, 0.2) is 0 Å². The molecule has 134 valence electrons. The number of carbonyl (C=O) groups excluding carboxylic acids is 2. The van der Waals surface area contributed by atoms with Gasteiger partial charge in [0.1, 0.15) is 18.9 Å². The van der Waals surface area contributed by atoms with Crippen LogP contribution in [0.4, 0.5) is 0 Å². The molecule has 0 saturated carbocycles. The van der Waals surface area contributed by atoms with Gasteiger partial charge in [-0.25, -0.2) is 0 Å². The summed E-state index contributed by atoms with van der Waals surface area (Å²) in [4.78, 5) is 22.5. The zero-order valence-electron chi connectivity index (χ0n) is 14.7. The molecule has 1 aliphatic heterocycles. The molecule has 0 amide bonds. The summed E-state index contributed by atoms with van der Waals surface area (Å²) >= 11 is 0. The van der Waals surface area contributed by atoms with E-state index in [0.717, 1.165) is 10.9 Å². The van der Waals surface area contributed by atoms with Gasteiger partial charge in [0.05, 0.1) is 11.6 Å². The quantitative estimate of drug-likeness (QED) is 0.797. The average Bonchev–Trinajstić information content (AvgIpc) is 2.97. The number of aryl methyl sites for hydroxylation is 1. The molecule has 25 heavy (non-hydrogen) atoms. The van der Waals surface area contributed by atoms with Crippen LogP contribution in [0.25, 0.3) is 10.9 Å². The first-order valence-electron chi connectivity index (χ1n) is 8.46. The van der Waals surface area contributed by atoms with E-state index < -0.39 is 0 Å². The zero-order chi connectivity index (χ0) is 18.0. The second kappa shape index (κ2) is 7.27. The van der Waals surface area contributed by atoms with Crippen molar-refractivity contribution in [1.29, 1.82) is 0 Å². The molecule has 1 aromatic carbocycles. The van der Waals surface area contributed by atoms with E-state index in [9.17, 15) is 9.59 Å². The molecule has 1 saturated heterocycles. The summed E-state index contributed by atoms with van der Waals surface area (Å²) in [6.07, 6.45) is 2.21. The second-order valence-electron chi connectivity index (χ2n) is 6.45. The van der Waals surface area contributed by atoms with Crippen LogP contribution in [0.5, 0.6) is 0 Å². The fraction of sp³-hybridized carbons (Fsp3) is 0.474. The predicted octanol–water partition coefficient (Wildman–Crippen LogP) is 3.12. The van der Waals surface area contributed by atoms with Gasteiger partial charge in [-0.2, -0.15) is 0 Å². The first kappa shape index (κ1) is 17.5. The Labute approximate surface area is 146 Å². The topological polar surface area (TPSA) is 66.8 Å². The van der Waals surface area contributed by atoms with Gasteiger partial charge in [-0.1, -0.05) is 12.1 Å². The standard InChI is InChI=1S/C19H23NO5/c1-12-5-4-6-18-17(12)7-8-20(18)19-10-15(24-14(3)22)9-16(25-19)11-23-13(2)21/h4-8,15-16,19H,9-11H2,1-3H3. The van der Waals surface area contributed by atoms with Crippen LogP contribution in [0.2, 0.25) is 0 Å². The lowest BCUT2D eigenvalue weighted by Gasteiger charge is -2.35. The van der Waals surface area contributed by atoms with Gasteiger partial charge in [-0.3, -0.25) is 9.59 Å². The van der Waals surface area contributed by atoms with Gasteiger partial charge >= 0.3 is 11.9 Å². The predicted molar refractivity (Wildman–Crippen MR) is 92.0 cm³/mol. The summed E-state index contributed by atoms with van der Waals surface area (Å²) in [6.45, 7) is 4.99. The highest BCUT2D eigenvalue weighted by molar-refractivity contribution is 5.83. The third kappa shape index (κ3) is 4.02. The fourth-order valence-electron chi connectivity index (χ4n) is 3.37. The van der Waals surface area contributed by atoms with Gasteiger partial charge in [0.2, 0.25) is 0 Å². The smallest absolute Gasteiger partial charge is 0.302 e. The number of hydrogen-bond donors (Lipinski definition) is 0. The van der Waals surface area contributed by atoms with Crippen molar-refractivity contribution in [3.8, 4) is 0 Å². The number of rotatable bonds is 4. The highest BCUT2D eigenvalue weighted by Gasteiger charge is 2.33. The summed E-state index contributed by atoms with van der Waals surface area (Å²) in [5, 5.41) is 1.16. The zero-order valence-corrected chi connectivity index (χ0v) is 14.7. The Morgan fingerprint density at radius 1 is 1.20 bits per heavy atom.